The first kappa shape index (κ1) is 16.1. The maximum absolute atomic E-state index is 12.5. The molecule has 5 rings (SSSR count). The number of rotatable bonds is 3. The smallest absolute Gasteiger partial charge is 0.269 e. The minimum absolute atomic E-state index is 0.0640. The number of non-ortho nitro benzene ring substituents is 1. The molecule has 3 fully saturated rings. The summed E-state index contributed by atoms with van der Waals surface area (Å²) in [6, 6.07) is 14.3. The number of nitro benzene ring substituents is 1. The van der Waals surface area contributed by atoms with Crippen LogP contribution in [-0.4, -0.2) is 16.7 Å². The van der Waals surface area contributed by atoms with Crippen molar-refractivity contribution in [3.63, 3.8) is 0 Å². The number of halogens is 1. The highest BCUT2D eigenvalue weighted by Gasteiger charge is 2.47. The first-order chi connectivity index (χ1) is 12.0. The van der Waals surface area contributed by atoms with Crippen molar-refractivity contribution in [3.05, 3.63) is 69.2 Å². The molecule has 5 nitrogen and oxygen atoms in total. The minimum atomic E-state index is -0.404. The minimum Gasteiger partial charge on any atom is -0.360 e. The van der Waals surface area contributed by atoms with Gasteiger partial charge in [0.2, 0.25) is 0 Å². The standard InChI is InChI=1S/C19H17ClN2O3/c20-13-3-7-14(8-4-13)21-16-9-10-17(18(23)11-16)19(21)12-1-5-15(6-2-12)22(24)25/h1-8,16-17,19H,9-11H2/t16-,17+,19-/m0/s1. The number of hydrogen-bond donors (Lipinski definition) is 0. The van der Waals surface area contributed by atoms with E-state index in [1.54, 1.807) is 12.1 Å². The summed E-state index contributed by atoms with van der Waals surface area (Å²) < 4.78 is 0. The zero-order chi connectivity index (χ0) is 17.6. The average Bonchev–Trinajstić information content (AvgIpc) is 2.62. The van der Waals surface area contributed by atoms with Crippen LogP contribution in [0.1, 0.15) is 30.9 Å². The zero-order valence-corrected chi connectivity index (χ0v) is 14.2. The number of benzene rings is 2. The molecule has 0 radical (unpaired) electrons. The lowest BCUT2D eigenvalue weighted by atomic mass is 9.71. The molecule has 0 amide bonds. The zero-order valence-electron chi connectivity index (χ0n) is 13.5. The lowest BCUT2D eigenvalue weighted by Gasteiger charge is -2.52. The number of anilines is 1. The highest BCUT2D eigenvalue weighted by atomic mass is 35.5. The van der Waals surface area contributed by atoms with Crippen LogP contribution in [0, 0.1) is 16.0 Å². The fourth-order valence-corrected chi connectivity index (χ4v) is 4.31. The Morgan fingerprint density at radius 2 is 1.72 bits per heavy atom. The van der Waals surface area contributed by atoms with E-state index >= 15 is 0 Å². The van der Waals surface area contributed by atoms with E-state index in [1.165, 1.54) is 12.1 Å². The summed E-state index contributed by atoms with van der Waals surface area (Å²) in [4.78, 5) is 25.3. The third-order valence-corrected chi connectivity index (χ3v) is 5.56. The number of carbonyl (C=O) groups is 1. The lowest BCUT2D eigenvalue weighted by molar-refractivity contribution is -0.384. The largest absolute Gasteiger partial charge is 0.360 e. The van der Waals surface area contributed by atoms with E-state index < -0.39 is 4.92 Å². The molecule has 2 aromatic rings. The third-order valence-electron chi connectivity index (χ3n) is 5.31. The molecular formula is C19H17ClN2O3. The van der Waals surface area contributed by atoms with Crippen molar-refractivity contribution in [1.29, 1.82) is 0 Å². The summed E-state index contributed by atoms with van der Waals surface area (Å²) >= 11 is 6.02. The van der Waals surface area contributed by atoms with Gasteiger partial charge in [0, 0.05) is 41.2 Å². The van der Waals surface area contributed by atoms with Crippen LogP contribution in [-0.2, 0) is 4.79 Å². The van der Waals surface area contributed by atoms with Crippen LogP contribution in [0.3, 0.4) is 0 Å². The predicted octanol–water partition coefficient (Wildman–Crippen LogP) is 4.55. The first-order valence-corrected chi connectivity index (χ1v) is 8.73. The van der Waals surface area contributed by atoms with E-state index in [-0.39, 0.29) is 23.7 Å². The molecular weight excluding hydrogens is 340 g/mol. The monoisotopic (exact) mass is 356 g/mol. The van der Waals surface area contributed by atoms with Gasteiger partial charge in [0.25, 0.3) is 5.69 Å². The Balaban J connectivity index is 1.76. The van der Waals surface area contributed by atoms with Gasteiger partial charge < -0.3 is 4.90 Å². The Morgan fingerprint density at radius 1 is 1.04 bits per heavy atom. The van der Waals surface area contributed by atoms with Gasteiger partial charge in [-0.15, -0.1) is 0 Å². The SMILES string of the molecule is O=C1C[C@@H]2CC[C@H]1[C@H](c1ccc([N+](=O)[O-])cc1)N2c1ccc(Cl)cc1. The molecule has 2 bridgehead atoms. The second-order valence-electron chi connectivity index (χ2n) is 6.69. The third kappa shape index (κ3) is 2.78. The van der Waals surface area contributed by atoms with Crippen molar-refractivity contribution >= 4 is 28.8 Å². The Hall–Kier alpha value is -2.40. The predicted molar refractivity (Wildman–Crippen MR) is 95.9 cm³/mol. The fourth-order valence-electron chi connectivity index (χ4n) is 4.18. The van der Waals surface area contributed by atoms with Crippen molar-refractivity contribution in [3.8, 4) is 0 Å². The van der Waals surface area contributed by atoms with Crippen LogP contribution in [0.2, 0.25) is 5.02 Å². The van der Waals surface area contributed by atoms with Crippen molar-refractivity contribution in [2.24, 2.45) is 5.92 Å². The Morgan fingerprint density at radius 3 is 2.32 bits per heavy atom. The maximum atomic E-state index is 12.5. The fraction of sp³-hybridized carbons (Fsp3) is 0.316. The number of nitrogens with zero attached hydrogens (tertiary/aromatic N) is 2. The van der Waals surface area contributed by atoms with Crippen LogP contribution in [0.25, 0.3) is 0 Å². The summed E-state index contributed by atoms with van der Waals surface area (Å²) in [5.41, 5.74) is 2.05. The molecule has 0 aromatic heterocycles. The molecule has 2 heterocycles. The quantitative estimate of drug-likeness (QED) is 0.598. The average molecular weight is 357 g/mol. The molecule has 0 N–H and O–H groups in total. The number of fused-ring (bicyclic) bond motifs is 3. The Bertz CT molecular complexity index is 820. The molecule has 2 aliphatic heterocycles. The van der Waals surface area contributed by atoms with Crippen LogP contribution < -0.4 is 4.90 Å². The summed E-state index contributed by atoms with van der Waals surface area (Å²) in [7, 11) is 0. The first-order valence-electron chi connectivity index (χ1n) is 8.35. The molecule has 2 saturated heterocycles. The van der Waals surface area contributed by atoms with E-state index in [4.69, 9.17) is 11.6 Å². The molecule has 1 saturated carbocycles. The Kier molecular flexibility index (Phi) is 3.96. The number of hydrogen-bond acceptors (Lipinski definition) is 4. The van der Waals surface area contributed by atoms with E-state index in [2.05, 4.69) is 4.90 Å². The highest BCUT2D eigenvalue weighted by Crippen LogP contribution is 2.48. The molecule has 0 spiro atoms. The van der Waals surface area contributed by atoms with Gasteiger partial charge in [-0.05, 0) is 42.7 Å². The van der Waals surface area contributed by atoms with E-state index in [0.29, 0.717) is 17.2 Å². The normalized spacial score (nSPS) is 25.2. The van der Waals surface area contributed by atoms with Crippen molar-refractivity contribution in [1.82, 2.24) is 0 Å². The second-order valence-corrected chi connectivity index (χ2v) is 7.12. The molecule has 0 unspecified atom stereocenters. The van der Waals surface area contributed by atoms with Gasteiger partial charge >= 0.3 is 0 Å². The maximum Gasteiger partial charge on any atom is 0.269 e. The summed E-state index contributed by atoms with van der Waals surface area (Å²) in [5.74, 6) is 0.229. The van der Waals surface area contributed by atoms with Crippen molar-refractivity contribution in [2.75, 3.05) is 4.90 Å². The molecule has 3 atom stereocenters. The number of carbonyl (C=O) groups excluding carboxylic acids is 1. The lowest BCUT2D eigenvalue weighted by Crippen LogP contribution is -2.54. The van der Waals surface area contributed by atoms with Gasteiger partial charge in [-0.2, -0.15) is 0 Å². The molecule has 128 valence electrons. The number of nitro groups is 1. The van der Waals surface area contributed by atoms with Crippen LogP contribution in [0.5, 0.6) is 0 Å². The topological polar surface area (TPSA) is 63.4 Å². The van der Waals surface area contributed by atoms with Gasteiger partial charge in [-0.25, -0.2) is 0 Å². The van der Waals surface area contributed by atoms with Crippen LogP contribution >= 0.6 is 11.6 Å². The van der Waals surface area contributed by atoms with Gasteiger partial charge in [-0.1, -0.05) is 23.7 Å². The second kappa shape index (κ2) is 6.15. The number of Topliss-reactive ketones (excluding diaryl/α,β-unsaturated/α-hetero) is 1. The van der Waals surface area contributed by atoms with Crippen molar-refractivity contribution < 1.29 is 9.72 Å². The molecule has 2 aromatic carbocycles. The molecule has 25 heavy (non-hydrogen) atoms. The molecule has 1 aliphatic carbocycles. The van der Waals surface area contributed by atoms with Gasteiger partial charge in [0.05, 0.1) is 11.0 Å². The summed E-state index contributed by atoms with van der Waals surface area (Å²) in [6.45, 7) is 0. The van der Waals surface area contributed by atoms with Gasteiger partial charge in [0.1, 0.15) is 5.78 Å². The van der Waals surface area contributed by atoms with Crippen molar-refractivity contribution in [2.45, 2.75) is 31.3 Å². The van der Waals surface area contributed by atoms with Gasteiger partial charge in [0.15, 0.2) is 0 Å². The van der Waals surface area contributed by atoms with E-state index in [1.807, 2.05) is 24.3 Å². The van der Waals surface area contributed by atoms with Crippen LogP contribution in [0.15, 0.2) is 48.5 Å². The molecule has 6 heteroatoms. The van der Waals surface area contributed by atoms with Crippen LogP contribution in [0.4, 0.5) is 11.4 Å². The van der Waals surface area contributed by atoms with E-state index in [9.17, 15) is 14.9 Å². The Labute approximate surface area is 150 Å². The summed E-state index contributed by atoms with van der Waals surface area (Å²) in [6.07, 6.45) is 2.43. The summed E-state index contributed by atoms with van der Waals surface area (Å²) in [5, 5.41) is 11.6. The number of piperidine rings is 2. The highest BCUT2D eigenvalue weighted by molar-refractivity contribution is 6.30. The number of ketones is 1. The molecule has 3 aliphatic rings. The van der Waals surface area contributed by atoms with Gasteiger partial charge in [-0.3, -0.25) is 14.9 Å². The van der Waals surface area contributed by atoms with E-state index in [0.717, 1.165) is 24.1 Å².